The number of rotatable bonds is 8. The smallest absolute Gasteiger partial charge is 0.338 e. The van der Waals surface area contributed by atoms with Gasteiger partial charge in [-0.3, -0.25) is 20.2 Å². The molecule has 0 saturated carbocycles. The summed E-state index contributed by atoms with van der Waals surface area (Å²) in [4.78, 5) is 44.2. The van der Waals surface area contributed by atoms with Gasteiger partial charge >= 0.3 is 11.9 Å². The second-order valence-electron chi connectivity index (χ2n) is 10.2. The van der Waals surface area contributed by atoms with Crippen molar-refractivity contribution in [3.63, 3.8) is 0 Å². The van der Waals surface area contributed by atoms with Crippen LogP contribution in [0.3, 0.4) is 0 Å². The van der Waals surface area contributed by atoms with E-state index in [1.165, 1.54) is 36.4 Å². The minimum atomic E-state index is -0.562. The highest BCUT2D eigenvalue weighted by Gasteiger charge is 2.22. The first-order valence-electron chi connectivity index (χ1n) is 12.0. The molecular weight excluding hydrogens is 496 g/mol. The van der Waals surface area contributed by atoms with Crippen molar-refractivity contribution in [2.45, 2.75) is 66.5 Å². The first kappa shape index (κ1) is 31.8. The molecule has 0 unspecified atom stereocenters. The van der Waals surface area contributed by atoms with E-state index in [4.69, 9.17) is 9.47 Å². The Morgan fingerprint density at radius 3 is 1.26 bits per heavy atom. The second kappa shape index (κ2) is 13.4. The number of benzene rings is 2. The molecule has 0 aliphatic carbocycles. The van der Waals surface area contributed by atoms with Crippen molar-refractivity contribution in [3.8, 4) is 0 Å². The van der Waals surface area contributed by atoms with Gasteiger partial charge in [0.25, 0.3) is 11.4 Å². The van der Waals surface area contributed by atoms with Crippen LogP contribution in [0.5, 0.6) is 0 Å². The van der Waals surface area contributed by atoms with Gasteiger partial charge in [0.15, 0.2) is 0 Å². The Balaban J connectivity index is 0.000000380. The van der Waals surface area contributed by atoms with Crippen LogP contribution < -0.4 is 10.6 Å². The van der Waals surface area contributed by atoms with Crippen LogP contribution in [0.2, 0.25) is 0 Å². The molecular formula is C26H36N4O8. The van der Waals surface area contributed by atoms with Crippen LogP contribution in [0.1, 0.15) is 76.1 Å². The minimum absolute atomic E-state index is 0.138. The van der Waals surface area contributed by atoms with Crippen LogP contribution in [0, 0.1) is 20.2 Å². The van der Waals surface area contributed by atoms with Crippen LogP contribution in [0.25, 0.3) is 0 Å². The summed E-state index contributed by atoms with van der Waals surface area (Å²) in [5.41, 5.74) is 0.213. The topological polar surface area (TPSA) is 163 Å². The van der Waals surface area contributed by atoms with Gasteiger partial charge in [0.1, 0.15) is 11.4 Å². The van der Waals surface area contributed by atoms with Gasteiger partial charge in [0, 0.05) is 23.2 Å². The van der Waals surface area contributed by atoms with E-state index in [9.17, 15) is 29.8 Å². The van der Waals surface area contributed by atoms with Crippen molar-refractivity contribution in [2.24, 2.45) is 0 Å². The van der Waals surface area contributed by atoms with Gasteiger partial charge in [-0.1, -0.05) is 0 Å². The maximum atomic E-state index is 11.6. The third kappa shape index (κ3) is 10.4. The molecule has 38 heavy (non-hydrogen) atoms. The maximum absolute atomic E-state index is 11.6. The molecule has 2 rings (SSSR count). The number of ether oxygens (including phenoxy) is 2. The largest absolute Gasteiger partial charge is 0.462 e. The number of hydrogen-bond acceptors (Lipinski definition) is 10. The molecule has 0 spiro atoms. The average molecular weight is 533 g/mol. The van der Waals surface area contributed by atoms with Gasteiger partial charge in [0.2, 0.25) is 0 Å². The fraction of sp³-hybridized carbons (Fsp3) is 0.462. The van der Waals surface area contributed by atoms with Crippen LogP contribution in [-0.2, 0) is 9.47 Å². The zero-order valence-corrected chi connectivity index (χ0v) is 23.0. The van der Waals surface area contributed by atoms with Gasteiger partial charge in [0.05, 0.1) is 34.2 Å². The Morgan fingerprint density at radius 2 is 1.03 bits per heavy atom. The molecule has 208 valence electrons. The van der Waals surface area contributed by atoms with Crippen molar-refractivity contribution < 1.29 is 28.9 Å². The molecule has 0 atom stereocenters. The highest BCUT2D eigenvalue weighted by molar-refractivity contribution is 5.92. The molecule has 12 heteroatoms. The van der Waals surface area contributed by atoms with Gasteiger partial charge in [-0.05, 0) is 79.7 Å². The van der Waals surface area contributed by atoms with E-state index in [2.05, 4.69) is 10.6 Å². The van der Waals surface area contributed by atoms with E-state index < -0.39 is 21.8 Å². The average Bonchev–Trinajstić information content (AvgIpc) is 2.78. The molecule has 0 amide bonds. The summed E-state index contributed by atoms with van der Waals surface area (Å²) < 4.78 is 9.64. The van der Waals surface area contributed by atoms with E-state index in [-0.39, 0.29) is 46.8 Å². The van der Waals surface area contributed by atoms with Crippen molar-refractivity contribution in [1.82, 2.24) is 0 Å². The van der Waals surface area contributed by atoms with Gasteiger partial charge in [-0.15, -0.1) is 0 Å². The monoisotopic (exact) mass is 532 g/mol. The normalized spacial score (nSPS) is 10.9. The minimum Gasteiger partial charge on any atom is -0.462 e. The van der Waals surface area contributed by atoms with E-state index in [0.29, 0.717) is 11.4 Å². The summed E-state index contributed by atoms with van der Waals surface area (Å²) in [5.74, 6) is -1.12. The van der Waals surface area contributed by atoms with Crippen molar-refractivity contribution in [2.75, 3.05) is 23.8 Å². The summed E-state index contributed by atoms with van der Waals surface area (Å²) in [6.45, 7) is 15.2. The fourth-order valence-corrected chi connectivity index (χ4v) is 3.07. The number of anilines is 2. The molecule has 12 nitrogen and oxygen atoms in total. The van der Waals surface area contributed by atoms with Crippen molar-refractivity contribution in [1.29, 1.82) is 0 Å². The lowest BCUT2D eigenvalue weighted by atomic mass is 10.1. The summed E-state index contributed by atoms with van der Waals surface area (Å²) >= 11 is 0. The molecule has 0 radical (unpaired) electrons. The molecule has 0 aromatic heterocycles. The number of nitro benzene ring substituents is 2. The fourth-order valence-electron chi connectivity index (χ4n) is 3.07. The van der Waals surface area contributed by atoms with Gasteiger partial charge < -0.3 is 20.1 Å². The third-order valence-corrected chi connectivity index (χ3v) is 4.43. The van der Waals surface area contributed by atoms with Crippen LogP contribution in [0.15, 0.2) is 36.4 Å². The molecule has 0 aliphatic heterocycles. The predicted molar refractivity (Wildman–Crippen MR) is 145 cm³/mol. The summed E-state index contributed by atoms with van der Waals surface area (Å²) in [7, 11) is 0. The number of carbonyl (C=O) groups excluding carboxylic acids is 2. The molecule has 0 aliphatic rings. The molecule has 2 aromatic rings. The maximum Gasteiger partial charge on any atom is 0.338 e. The first-order valence-corrected chi connectivity index (χ1v) is 12.0. The SMILES string of the molecule is CCOC(=O)c1ccc(NC(C)(C)C)c([N+](=O)[O-])c1.CCOC(=O)c1ccc(NC(C)(C)C)c([N+](=O)[O-])c1. The van der Waals surface area contributed by atoms with Gasteiger partial charge in [-0.2, -0.15) is 0 Å². The number of carbonyl (C=O) groups is 2. The molecule has 0 heterocycles. The Hall–Kier alpha value is -4.22. The second-order valence-corrected chi connectivity index (χ2v) is 10.2. The quantitative estimate of drug-likeness (QED) is 0.235. The van der Waals surface area contributed by atoms with Crippen molar-refractivity contribution >= 4 is 34.7 Å². The molecule has 0 bridgehead atoms. The Morgan fingerprint density at radius 1 is 0.711 bits per heavy atom. The summed E-state index contributed by atoms with van der Waals surface area (Å²) in [6, 6.07) is 8.53. The Labute approximate surface area is 222 Å². The molecule has 2 aromatic carbocycles. The molecule has 0 saturated heterocycles. The summed E-state index contributed by atoms with van der Waals surface area (Å²) in [5, 5.41) is 28.2. The Kier molecular flexibility index (Phi) is 11.2. The third-order valence-electron chi connectivity index (χ3n) is 4.43. The van der Waals surface area contributed by atoms with Crippen LogP contribution in [-0.4, -0.2) is 46.1 Å². The predicted octanol–water partition coefficient (Wildman–Crippen LogP) is 5.96. The zero-order chi connectivity index (χ0) is 29.3. The standard InChI is InChI=1S/2C13H18N2O4/c2*1-5-19-12(16)9-6-7-10(14-13(2,3)4)11(8-9)15(17)18/h2*6-8,14H,5H2,1-4H3. The summed E-state index contributed by atoms with van der Waals surface area (Å²) in [6.07, 6.45) is 0. The lowest BCUT2D eigenvalue weighted by molar-refractivity contribution is -0.384. The highest BCUT2D eigenvalue weighted by Crippen LogP contribution is 2.29. The van der Waals surface area contributed by atoms with Crippen LogP contribution in [0.4, 0.5) is 22.7 Å². The number of hydrogen-bond donors (Lipinski definition) is 2. The number of nitro groups is 2. The lowest BCUT2D eigenvalue weighted by Crippen LogP contribution is -2.26. The lowest BCUT2D eigenvalue weighted by Gasteiger charge is -2.22. The van der Waals surface area contributed by atoms with E-state index in [0.717, 1.165) is 0 Å². The van der Waals surface area contributed by atoms with Crippen molar-refractivity contribution in [3.05, 3.63) is 67.8 Å². The Bertz CT molecular complexity index is 1080. The number of esters is 2. The number of nitrogens with zero attached hydrogens (tertiary/aromatic N) is 2. The first-order chi connectivity index (χ1) is 17.5. The van der Waals surface area contributed by atoms with Gasteiger partial charge in [-0.25, -0.2) is 9.59 Å². The molecule has 0 fully saturated rings. The highest BCUT2D eigenvalue weighted by atomic mass is 16.6. The number of nitrogens with one attached hydrogen (secondary N) is 2. The van der Waals surface area contributed by atoms with E-state index in [1.807, 2.05) is 41.5 Å². The molecule has 2 N–H and O–H groups in total. The zero-order valence-electron chi connectivity index (χ0n) is 23.0. The van der Waals surface area contributed by atoms with E-state index >= 15 is 0 Å². The van der Waals surface area contributed by atoms with E-state index in [1.54, 1.807) is 13.8 Å². The van der Waals surface area contributed by atoms with Crippen LogP contribution >= 0.6 is 0 Å².